The summed E-state index contributed by atoms with van der Waals surface area (Å²) in [6, 6.07) is 14.8. The lowest BCUT2D eigenvalue weighted by Crippen LogP contribution is -2.51. The Hall–Kier alpha value is -5.66. The zero-order valence-corrected chi connectivity index (χ0v) is 31.8. The van der Waals surface area contributed by atoms with Gasteiger partial charge in [-0.2, -0.15) is 0 Å². The predicted molar refractivity (Wildman–Crippen MR) is 202 cm³/mol. The van der Waals surface area contributed by atoms with E-state index in [1.807, 2.05) is 83.3 Å². The summed E-state index contributed by atoms with van der Waals surface area (Å²) < 4.78 is 13.4. The van der Waals surface area contributed by atoms with Crippen molar-refractivity contribution >= 4 is 24.0 Å². The smallest absolute Gasteiger partial charge is 0.407 e. The third-order valence-corrected chi connectivity index (χ3v) is 10.4. The molecule has 2 aliphatic rings. The second-order valence-corrected chi connectivity index (χ2v) is 14.6. The molecule has 2 fully saturated rings. The summed E-state index contributed by atoms with van der Waals surface area (Å²) in [4.78, 5) is 63.9. The molecule has 0 aliphatic carbocycles. The van der Waals surface area contributed by atoms with E-state index < -0.39 is 24.3 Å². The number of carbonyl (C=O) groups excluding carboxylic acids is 4. The van der Waals surface area contributed by atoms with E-state index in [0.717, 1.165) is 59.6 Å². The molecule has 1 unspecified atom stereocenters. The summed E-state index contributed by atoms with van der Waals surface area (Å²) >= 11 is 0. The average Bonchev–Trinajstić information content (AvgIpc) is 4.02. The van der Waals surface area contributed by atoms with E-state index >= 15 is 0 Å². The SMILES string of the molecule is COC(=O)N[C@H](C(=O)N1CCCC1c1cn(-c2ccc(-c3ccc(-n4cnc([C@@H]5CCCN5C(=O)[C@@H](NC(=O)OC)C(C)C)c4)cc3)cc2)cn1)C(C)C. The Morgan fingerprint density at radius 3 is 1.33 bits per heavy atom. The van der Waals surface area contributed by atoms with Crippen LogP contribution in [0, 0.1) is 11.8 Å². The lowest BCUT2D eigenvalue weighted by molar-refractivity contribution is -0.136. The Labute approximate surface area is 315 Å². The quantitative estimate of drug-likeness (QED) is 0.196. The predicted octanol–water partition coefficient (Wildman–Crippen LogP) is 5.81. The van der Waals surface area contributed by atoms with Crippen molar-refractivity contribution in [3.63, 3.8) is 0 Å². The Bertz CT molecular complexity index is 1800. The van der Waals surface area contributed by atoms with Gasteiger partial charge in [0.15, 0.2) is 0 Å². The van der Waals surface area contributed by atoms with Gasteiger partial charge in [-0.3, -0.25) is 9.59 Å². The normalized spacial score (nSPS) is 18.1. The van der Waals surface area contributed by atoms with E-state index in [2.05, 4.69) is 44.9 Å². The number of nitrogens with zero attached hydrogens (tertiary/aromatic N) is 6. The summed E-state index contributed by atoms with van der Waals surface area (Å²) in [5.74, 6) is -0.457. The number of hydrogen-bond donors (Lipinski definition) is 2. The van der Waals surface area contributed by atoms with Crippen molar-refractivity contribution in [1.29, 1.82) is 0 Å². The number of likely N-dealkylation sites (tertiary alicyclic amines) is 2. The van der Waals surface area contributed by atoms with Crippen LogP contribution >= 0.6 is 0 Å². The fourth-order valence-corrected chi connectivity index (χ4v) is 7.39. The lowest BCUT2D eigenvalue weighted by atomic mass is 10.0. The van der Waals surface area contributed by atoms with Crippen molar-refractivity contribution in [3.05, 3.63) is 85.0 Å². The fraction of sp³-hybridized carbons (Fsp3) is 0.450. The molecule has 2 aliphatic heterocycles. The van der Waals surface area contributed by atoms with E-state index in [0.29, 0.717) is 13.1 Å². The fourth-order valence-electron chi connectivity index (χ4n) is 7.39. The van der Waals surface area contributed by atoms with Gasteiger partial charge in [0.25, 0.3) is 0 Å². The number of amides is 4. The molecule has 14 heteroatoms. The van der Waals surface area contributed by atoms with Crippen LogP contribution in [-0.4, -0.2) is 92.3 Å². The van der Waals surface area contributed by atoms with Gasteiger partial charge >= 0.3 is 12.2 Å². The topological polar surface area (TPSA) is 153 Å². The minimum Gasteiger partial charge on any atom is -0.453 e. The van der Waals surface area contributed by atoms with Gasteiger partial charge in [-0.25, -0.2) is 19.6 Å². The summed E-state index contributed by atoms with van der Waals surface area (Å²) in [5, 5.41) is 5.39. The Kier molecular flexibility index (Phi) is 11.7. The first kappa shape index (κ1) is 38.1. The van der Waals surface area contributed by atoms with Gasteiger partial charge in [-0.1, -0.05) is 52.0 Å². The highest BCUT2D eigenvalue weighted by atomic mass is 16.5. The number of hydrogen-bond acceptors (Lipinski definition) is 8. The van der Waals surface area contributed by atoms with Gasteiger partial charge in [0.2, 0.25) is 11.8 Å². The number of imidazole rings is 2. The van der Waals surface area contributed by atoms with Crippen molar-refractivity contribution < 1.29 is 28.7 Å². The number of alkyl carbamates (subject to hydrolysis) is 2. The van der Waals surface area contributed by atoms with Crippen LogP contribution in [0.1, 0.15) is 76.8 Å². The number of rotatable bonds is 11. The first-order valence-corrected chi connectivity index (χ1v) is 18.6. The average molecular weight is 739 g/mol. The molecule has 0 bridgehead atoms. The van der Waals surface area contributed by atoms with E-state index in [9.17, 15) is 19.2 Å². The molecule has 2 N–H and O–H groups in total. The number of aromatic nitrogens is 4. The number of nitrogens with one attached hydrogen (secondary N) is 2. The lowest BCUT2D eigenvalue weighted by Gasteiger charge is -2.30. The van der Waals surface area contributed by atoms with Crippen LogP contribution in [0.3, 0.4) is 0 Å². The third kappa shape index (κ3) is 8.12. The Morgan fingerprint density at radius 1 is 0.630 bits per heavy atom. The molecule has 4 aromatic rings. The van der Waals surface area contributed by atoms with Crippen molar-refractivity contribution in [3.8, 4) is 22.5 Å². The van der Waals surface area contributed by atoms with Crippen LogP contribution in [0.4, 0.5) is 9.59 Å². The highest BCUT2D eigenvalue weighted by Gasteiger charge is 2.38. The molecule has 2 aromatic carbocycles. The standard InChI is InChI=1S/C40H50N8O6/c1-25(2)35(43-39(51)53-5)37(49)47-19-7-9-33(47)31-21-45(23-41-31)29-15-11-27(12-16-29)28-13-17-30(18-14-28)46-22-32(42-24-46)34-10-8-20-48(34)38(50)36(26(3)4)44-40(52)54-6/h11-18,21-26,33-36H,7-10,19-20H2,1-6H3,(H,43,51)(H,44,52)/t33-,34?,35-,36-/m0/s1. The van der Waals surface area contributed by atoms with Gasteiger partial charge < -0.3 is 39.0 Å². The molecular formula is C40H50N8O6. The van der Waals surface area contributed by atoms with Gasteiger partial charge in [0.05, 0.1) is 50.3 Å². The largest absolute Gasteiger partial charge is 0.453 e. The molecule has 0 saturated carbocycles. The van der Waals surface area contributed by atoms with E-state index in [1.54, 1.807) is 12.7 Å². The Balaban J connectivity index is 1.11. The van der Waals surface area contributed by atoms with Crippen molar-refractivity contribution in [2.75, 3.05) is 27.3 Å². The summed E-state index contributed by atoms with van der Waals surface area (Å²) in [6.45, 7) is 8.82. The number of carbonyl (C=O) groups is 4. The highest BCUT2D eigenvalue weighted by Crippen LogP contribution is 2.34. The third-order valence-electron chi connectivity index (χ3n) is 10.4. The highest BCUT2D eigenvalue weighted by molar-refractivity contribution is 5.87. The summed E-state index contributed by atoms with van der Waals surface area (Å²) in [5.41, 5.74) is 5.63. The van der Waals surface area contributed by atoms with E-state index in [4.69, 9.17) is 9.47 Å². The molecule has 0 radical (unpaired) electrons. The van der Waals surface area contributed by atoms with Crippen molar-refractivity contribution in [2.45, 2.75) is 77.5 Å². The number of ether oxygens (including phenoxy) is 2. The van der Waals surface area contributed by atoms with Crippen LogP contribution in [-0.2, 0) is 19.1 Å². The maximum Gasteiger partial charge on any atom is 0.407 e. The molecule has 0 spiro atoms. The maximum absolute atomic E-state index is 13.5. The van der Waals surface area contributed by atoms with Gasteiger partial charge in [0, 0.05) is 36.9 Å². The first-order chi connectivity index (χ1) is 26.0. The van der Waals surface area contributed by atoms with Crippen molar-refractivity contribution in [1.82, 2.24) is 39.5 Å². The van der Waals surface area contributed by atoms with Gasteiger partial charge in [0.1, 0.15) is 12.1 Å². The molecule has 286 valence electrons. The summed E-state index contributed by atoms with van der Waals surface area (Å²) in [6.07, 6.45) is 9.57. The molecule has 4 heterocycles. The van der Waals surface area contributed by atoms with E-state index in [-0.39, 0.29) is 35.7 Å². The second-order valence-electron chi connectivity index (χ2n) is 14.6. The first-order valence-electron chi connectivity index (χ1n) is 18.6. The molecule has 2 saturated heterocycles. The molecule has 6 rings (SSSR count). The maximum atomic E-state index is 13.5. The van der Waals surface area contributed by atoms with Gasteiger partial charge in [-0.15, -0.1) is 0 Å². The Morgan fingerprint density at radius 2 is 1.00 bits per heavy atom. The second kappa shape index (κ2) is 16.6. The minimum absolute atomic E-state index is 0.0987. The molecule has 54 heavy (non-hydrogen) atoms. The summed E-state index contributed by atoms with van der Waals surface area (Å²) in [7, 11) is 2.58. The van der Waals surface area contributed by atoms with Crippen LogP contribution in [0.2, 0.25) is 0 Å². The number of methoxy groups -OCH3 is 2. The minimum atomic E-state index is -0.679. The van der Waals surface area contributed by atoms with Crippen LogP contribution < -0.4 is 10.6 Å². The van der Waals surface area contributed by atoms with Crippen LogP contribution in [0.15, 0.2) is 73.6 Å². The van der Waals surface area contributed by atoms with E-state index in [1.165, 1.54) is 14.2 Å². The molecule has 4 atom stereocenters. The van der Waals surface area contributed by atoms with Crippen molar-refractivity contribution in [2.24, 2.45) is 11.8 Å². The monoisotopic (exact) mass is 738 g/mol. The van der Waals surface area contributed by atoms with Crippen LogP contribution in [0.25, 0.3) is 22.5 Å². The van der Waals surface area contributed by atoms with Gasteiger partial charge in [-0.05, 0) is 72.9 Å². The molecule has 2 aromatic heterocycles. The number of benzene rings is 2. The van der Waals surface area contributed by atoms with Crippen LogP contribution in [0.5, 0.6) is 0 Å². The zero-order valence-electron chi connectivity index (χ0n) is 31.8. The zero-order chi connectivity index (χ0) is 38.5. The molecule has 14 nitrogen and oxygen atoms in total. The molecule has 4 amide bonds. The molecular weight excluding hydrogens is 688 g/mol.